The van der Waals surface area contributed by atoms with Crippen LogP contribution in [0, 0.1) is 6.92 Å². The molecule has 3 rings (SSSR count). The van der Waals surface area contributed by atoms with Gasteiger partial charge in [-0.2, -0.15) is 0 Å². The second-order valence-electron chi connectivity index (χ2n) is 5.87. The standard InChI is InChI=1S/C20H17ClN4O3/c1-12-3-6-14(21)11-17(12)25-20-22-10-9-16(24-20)18(26)23-15-7-4-13(5-8-15)19(27)28-2/h3-11H,1-2H3,(H,23,26)(H,22,24,25). The molecule has 0 spiro atoms. The van der Waals surface area contributed by atoms with E-state index in [1.165, 1.54) is 19.4 Å². The first-order valence-electron chi connectivity index (χ1n) is 8.32. The van der Waals surface area contributed by atoms with Gasteiger partial charge in [-0.25, -0.2) is 14.8 Å². The Hall–Kier alpha value is -3.45. The summed E-state index contributed by atoms with van der Waals surface area (Å²) >= 11 is 6.02. The van der Waals surface area contributed by atoms with Crippen molar-refractivity contribution in [2.24, 2.45) is 0 Å². The van der Waals surface area contributed by atoms with Gasteiger partial charge in [-0.1, -0.05) is 17.7 Å². The summed E-state index contributed by atoms with van der Waals surface area (Å²) in [7, 11) is 1.31. The number of halogens is 1. The number of rotatable bonds is 5. The van der Waals surface area contributed by atoms with Crippen LogP contribution in [-0.2, 0) is 4.74 Å². The lowest BCUT2D eigenvalue weighted by molar-refractivity contribution is 0.0600. The summed E-state index contributed by atoms with van der Waals surface area (Å²) in [4.78, 5) is 32.3. The Kier molecular flexibility index (Phi) is 5.86. The molecule has 0 radical (unpaired) electrons. The van der Waals surface area contributed by atoms with E-state index in [1.54, 1.807) is 36.4 Å². The highest BCUT2D eigenvalue weighted by molar-refractivity contribution is 6.30. The molecule has 0 aliphatic carbocycles. The molecule has 8 heteroatoms. The molecule has 0 bridgehead atoms. The van der Waals surface area contributed by atoms with Crippen molar-refractivity contribution in [3.8, 4) is 0 Å². The number of nitrogens with zero attached hydrogens (tertiary/aromatic N) is 2. The summed E-state index contributed by atoms with van der Waals surface area (Å²) in [6, 6.07) is 13.3. The molecule has 1 aromatic heterocycles. The van der Waals surface area contributed by atoms with E-state index >= 15 is 0 Å². The molecule has 0 saturated carbocycles. The average molecular weight is 397 g/mol. The Labute approximate surface area is 166 Å². The Bertz CT molecular complexity index is 1020. The van der Waals surface area contributed by atoms with Gasteiger partial charge in [0.1, 0.15) is 5.69 Å². The van der Waals surface area contributed by atoms with E-state index in [1.807, 2.05) is 13.0 Å². The van der Waals surface area contributed by atoms with Crippen LogP contribution < -0.4 is 10.6 Å². The Balaban J connectivity index is 1.73. The number of hydrogen-bond acceptors (Lipinski definition) is 6. The minimum Gasteiger partial charge on any atom is -0.465 e. The zero-order valence-electron chi connectivity index (χ0n) is 15.2. The lowest BCUT2D eigenvalue weighted by Gasteiger charge is -2.10. The van der Waals surface area contributed by atoms with Gasteiger partial charge in [0, 0.05) is 22.6 Å². The van der Waals surface area contributed by atoms with Crippen LogP contribution in [-0.4, -0.2) is 29.0 Å². The van der Waals surface area contributed by atoms with Gasteiger partial charge in [-0.3, -0.25) is 4.79 Å². The number of ether oxygens (including phenoxy) is 1. The lowest BCUT2D eigenvalue weighted by Crippen LogP contribution is -2.15. The summed E-state index contributed by atoms with van der Waals surface area (Å²) in [6.07, 6.45) is 1.49. The number of nitrogens with one attached hydrogen (secondary N) is 2. The maximum atomic E-state index is 12.5. The number of esters is 1. The van der Waals surface area contributed by atoms with Gasteiger partial charge >= 0.3 is 5.97 Å². The number of methoxy groups -OCH3 is 1. The molecule has 3 aromatic rings. The maximum Gasteiger partial charge on any atom is 0.337 e. The molecular weight excluding hydrogens is 380 g/mol. The number of aromatic nitrogens is 2. The molecule has 0 atom stereocenters. The van der Waals surface area contributed by atoms with Crippen LogP contribution in [0.2, 0.25) is 5.02 Å². The number of amides is 1. The second kappa shape index (κ2) is 8.49. The minimum absolute atomic E-state index is 0.189. The van der Waals surface area contributed by atoms with Crippen molar-refractivity contribution in [2.45, 2.75) is 6.92 Å². The van der Waals surface area contributed by atoms with Crippen LogP contribution in [0.25, 0.3) is 0 Å². The molecule has 1 heterocycles. The molecular formula is C20H17ClN4O3. The molecule has 1 amide bonds. The SMILES string of the molecule is COC(=O)c1ccc(NC(=O)c2ccnc(Nc3cc(Cl)ccc3C)n2)cc1. The van der Waals surface area contributed by atoms with E-state index in [9.17, 15) is 9.59 Å². The largest absolute Gasteiger partial charge is 0.465 e. The molecule has 28 heavy (non-hydrogen) atoms. The zero-order valence-corrected chi connectivity index (χ0v) is 15.9. The van der Waals surface area contributed by atoms with E-state index in [2.05, 4.69) is 25.3 Å². The van der Waals surface area contributed by atoms with Crippen molar-refractivity contribution in [3.05, 3.63) is 76.6 Å². The van der Waals surface area contributed by atoms with Gasteiger partial charge in [0.2, 0.25) is 5.95 Å². The van der Waals surface area contributed by atoms with Crippen molar-refractivity contribution in [1.29, 1.82) is 0 Å². The lowest BCUT2D eigenvalue weighted by atomic mass is 10.2. The van der Waals surface area contributed by atoms with Crippen LogP contribution in [0.4, 0.5) is 17.3 Å². The van der Waals surface area contributed by atoms with Gasteiger partial charge in [-0.05, 0) is 55.0 Å². The number of anilines is 3. The molecule has 0 aliphatic heterocycles. The van der Waals surface area contributed by atoms with Crippen LogP contribution in [0.3, 0.4) is 0 Å². The summed E-state index contributed by atoms with van der Waals surface area (Å²) in [5.41, 5.74) is 2.83. The number of benzene rings is 2. The van der Waals surface area contributed by atoms with Crippen LogP contribution >= 0.6 is 11.6 Å². The molecule has 2 aromatic carbocycles. The fourth-order valence-electron chi connectivity index (χ4n) is 2.40. The van der Waals surface area contributed by atoms with Crippen LogP contribution in [0.5, 0.6) is 0 Å². The van der Waals surface area contributed by atoms with Gasteiger partial charge in [0.25, 0.3) is 5.91 Å². The van der Waals surface area contributed by atoms with E-state index in [-0.39, 0.29) is 11.6 Å². The quantitative estimate of drug-likeness (QED) is 0.627. The normalized spacial score (nSPS) is 10.2. The van der Waals surface area contributed by atoms with Crippen molar-refractivity contribution in [3.63, 3.8) is 0 Å². The van der Waals surface area contributed by atoms with Crippen molar-refractivity contribution >= 4 is 40.8 Å². The van der Waals surface area contributed by atoms with E-state index in [0.717, 1.165) is 11.3 Å². The van der Waals surface area contributed by atoms with E-state index < -0.39 is 11.9 Å². The number of hydrogen-bond donors (Lipinski definition) is 2. The van der Waals surface area contributed by atoms with Gasteiger partial charge in [0.15, 0.2) is 0 Å². The number of aryl methyl sites for hydroxylation is 1. The fourth-order valence-corrected chi connectivity index (χ4v) is 2.57. The Morgan fingerprint density at radius 2 is 1.82 bits per heavy atom. The maximum absolute atomic E-state index is 12.5. The molecule has 0 saturated heterocycles. The Morgan fingerprint density at radius 1 is 1.07 bits per heavy atom. The predicted octanol–water partition coefficient (Wildman–Crippen LogP) is 4.22. The first-order chi connectivity index (χ1) is 13.5. The molecule has 142 valence electrons. The fraction of sp³-hybridized carbons (Fsp3) is 0.100. The summed E-state index contributed by atoms with van der Waals surface area (Å²) in [5, 5.41) is 6.37. The van der Waals surface area contributed by atoms with Crippen LogP contribution in [0.1, 0.15) is 26.4 Å². The average Bonchev–Trinajstić information content (AvgIpc) is 2.71. The molecule has 0 fully saturated rings. The summed E-state index contributed by atoms with van der Waals surface area (Å²) in [6.45, 7) is 1.92. The molecule has 7 nitrogen and oxygen atoms in total. The minimum atomic E-state index is -0.444. The molecule has 0 unspecified atom stereocenters. The molecule has 2 N–H and O–H groups in total. The van der Waals surface area contributed by atoms with Gasteiger partial charge < -0.3 is 15.4 Å². The third-order valence-corrected chi connectivity index (χ3v) is 4.13. The predicted molar refractivity (Wildman–Crippen MR) is 107 cm³/mol. The van der Waals surface area contributed by atoms with E-state index in [4.69, 9.17) is 11.6 Å². The first kappa shape index (κ1) is 19.3. The first-order valence-corrected chi connectivity index (χ1v) is 8.70. The monoisotopic (exact) mass is 396 g/mol. The third-order valence-electron chi connectivity index (χ3n) is 3.90. The van der Waals surface area contributed by atoms with Crippen LogP contribution in [0.15, 0.2) is 54.7 Å². The van der Waals surface area contributed by atoms with Crippen molar-refractivity contribution < 1.29 is 14.3 Å². The Morgan fingerprint density at radius 3 is 2.54 bits per heavy atom. The van der Waals surface area contributed by atoms with Gasteiger partial charge in [0.05, 0.1) is 12.7 Å². The summed E-state index contributed by atoms with van der Waals surface area (Å²) < 4.78 is 4.65. The van der Waals surface area contributed by atoms with Gasteiger partial charge in [-0.15, -0.1) is 0 Å². The second-order valence-corrected chi connectivity index (χ2v) is 6.31. The molecule has 0 aliphatic rings. The van der Waals surface area contributed by atoms with Crippen molar-refractivity contribution in [1.82, 2.24) is 9.97 Å². The number of carbonyl (C=O) groups excluding carboxylic acids is 2. The topological polar surface area (TPSA) is 93.2 Å². The van der Waals surface area contributed by atoms with Crippen molar-refractivity contribution in [2.75, 3.05) is 17.7 Å². The smallest absolute Gasteiger partial charge is 0.337 e. The van der Waals surface area contributed by atoms with E-state index in [0.29, 0.717) is 16.3 Å². The highest BCUT2D eigenvalue weighted by Crippen LogP contribution is 2.22. The third kappa shape index (κ3) is 4.63. The number of carbonyl (C=O) groups is 2. The highest BCUT2D eigenvalue weighted by Gasteiger charge is 2.11. The highest BCUT2D eigenvalue weighted by atomic mass is 35.5. The zero-order chi connectivity index (χ0) is 20.1. The summed E-state index contributed by atoms with van der Waals surface area (Å²) in [5.74, 6) is -0.571.